The molecule has 0 fully saturated rings. The Kier molecular flexibility index (Phi) is 1.72. The highest BCUT2D eigenvalue weighted by molar-refractivity contribution is 6.02. The number of hydrogen-bond donors (Lipinski definition) is 3. The number of hydrazine groups is 1. The first kappa shape index (κ1) is 8.93. The molecule has 3 aromatic rings. The summed E-state index contributed by atoms with van der Waals surface area (Å²) in [5.41, 5.74) is 4.21. The molecule has 3 rings (SSSR count). The van der Waals surface area contributed by atoms with E-state index in [2.05, 4.69) is 15.6 Å². The van der Waals surface area contributed by atoms with E-state index in [1.165, 1.54) is 12.1 Å². The molecule has 16 heavy (non-hydrogen) atoms. The molecule has 4 N–H and O–H groups in total. The number of anilines is 1. The maximum Gasteiger partial charge on any atom is 0.182 e. The van der Waals surface area contributed by atoms with Crippen molar-refractivity contribution in [2.24, 2.45) is 5.84 Å². The number of nitrogens with zero attached hydrogens (tertiary/aromatic N) is 1. The maximum atomic E-state index is 11.2. The van der Waals surface area contributed by atoms with Gasteiger partial charge in [0.1, 0.15) is 11.1 Å². The minimum Gasteiger partial charge on any atom is -0.454 e. The van der Waals surface area contributed by atoms with Crippen LogP contribution in [0.1, 0.15) is 0 Å². The zero-order valence-electron chi connectivity index (χ0n) is 8.15. The van der Waals surface area contributed by atoms with Gasteiger partial charge in [-0.25, -0.2) is 5.84 Å². The van der Waals surface area contributed by atoms with Gasteiger partial charge < -0.3 is 9.84 Å². The number of nitrogen functional groups attached to an aromatic ring is 1. The van der Waals surface area contributed by atoms with Crippen LogP contribution >= 0.6 is 0 Å². The number of furan rings is 1. The van der Waals surface area contributed by atoms with Gasteiger partial charge in [-0.15, -0.1) is 0 Å². The van der Waals surface area contributed by atoms with Crippen LogP contribution in [0.25, 0.3) is 22.1 Å². The Morgan fingerprint density at radius 3 is 3.00 bits per heavy atom. The van der Waals surface area contributed by atoms with Gasteiger partial charge in [-0.3, -0.25) is 9.89 Å². The van der Waals surface area contributed by atoms with Crippen LogP contribution in [0.15, 0.2) is 33.5 Å². The van der Waals surface area contributed by atoms with Crippen LogP contribution in [0.4, 0.5) is 5.82 Å². The van der Waals surface area contributed by atoms with Crippen molar-refractivity contribution in [3.05, 3.63) is 34.5 Å². The van der Waals surface area contributed by atoms with E-state index >= 15 is 0 Å². The lowest BCUT2D eigenvalue weighted by atomic mass is 10.2. The summed E-state index contributed by atoms with van der Waals surface area (Å²) in [7, 11) is 0. The molecule has 6 nitrogen and oxygen atoms in total. The smallest absolute Gasteiger partial charge is 0.182 e. The van der Waals surface area contributed by atoms with E-state index in [0.29, 0.717) is 17.0 Å². The number of H-pyrrole nitrogens is 1. The van der Waals surface area contributed by atoms with Crippen LogP contribution in [0.2, 0.25) is 0 Å². The number of aromatic amines is 1. The van der Waals surface area contributed by atoms with E-state index in [-0.39, 0.29) is 5.43 Å². The van der Waals surface area contributed by atoms with Crippen molar-refractivity contribution in [2.75, 3.05) is 5.43 Å². The molecule has 0 aliphatic heterocycles. The molecular formula is C10H8N4O2. The highest BCUT2D eigenvalue weighted by Gasteiger charge is 2.08. The quantitative estimate of drug-likeness (QED) is 0.415. The number of nitrogens with two attached hydrogens (primary N) is 1. The van der Waals surface area contributed by atoms with Gasteiger partial charge in [0.25, 0.3) is 0 Å². The molecule has 0 radical (unpaired) electrons. The molecule has 0 bridgehead atoms. The van der Waals surface area contributed by atoms with Crippen LogP contribution in [0.3, 0.4) is 0 Å². The van der Waals surface area contributed by atoms with E-state index in [9.17, 15) is 4.79 Å². The number of nitrogens with one attached hydrogen (secondary N) is 2. The summed E-state index contributed by atoms with van der Waals surface area (Å²) in [6.07, 6.45) is 0. The molecule has 0 unspecified atom stereocenters. The normalized spacial score (nSPS) is 11.1. The zero-order valence-corrected chi connectivity index (χ0v) is 8.15. The molecule has 0 aliphatic carbocycles. The van der Waals surface area contributed by atoms with E-state index in [1.54, 1.807) is 12.1 Å². The van der Waals surface area contributed by atoms with Crippen molar-refractivity contribution in [1.29, 1.82) is 0 Å². The second kappa shape index (κ2) is 3.07. The lowest BCUT2D eigenvalue weighted by Gasteiger charge is -1.96. The number of hydrogen-bond acceptors (Lipinski definition) is 5. The predicted molar refractivity (Wildman–Crippen MR) is 59.9 cm³/mol. The second-order valence-electron chi connectivity index (χ2n) is 3.40. The molecule has 2 aromatic heterocycles. The van der Waals surface area contributed by atoms with Gasteiger partial charge in [0, 0.05) is 17.5 Å². The molecule has 6 heteroatoms. The topological polar surface area (TPSA) is 96.9 Å². The molecule has 0 atom stereocenters. The fourth-order valence-electron chi connectivity index (χ4n) is 1.66. The molecule has 0 amide bonds. The minimum atomic E-state index is -0.0864. The standard InChI is InChI=1S/C10H8N4O2/c11-12-9-4-8-10(14-13-9)6-2-1-5(15)3-7(6)16-8/h1-4,14H,11H2,(H,12,13). The minimum absolute atomic E-state index is 0.0864. The van der Waals surface area contributed by atoms with Crippen LogP contribution < -0.4 is 16.7 Å². The highest BCUT2D eigenvalue weighted by Crippen LogP contribution is 2.26. The maximum absolute atomic E-state index is 11.2. The van der Waals surface area contributed by atoms with E-state index < -0.39 is 0 Å². The monoisotopic (exact) mass is 216 g/mol. The summed E-state index contributed by atoms with van der Waals surface area (Å²) >= 11 is 0. The van der Waals surface area contributed by atoms with Crippen molar-refractivity contribution in [2.45, 2.75) is 0 Å². The van der Waals surface area contributed by atoms with E-state index in [4.69, 9.17) is 10.3 Å². The lowest BCUT2D eigenvalue weighted by molar-refractivity contribution is 0.666. The highest BCUT2D eigenvalue weighted by atomic mass is 16.3. The largest absolute Gasteiger partial charge is 0.454 e. The van der Waals surface area contributed by atoms with Crippen molar-refractivity contribution in [1.82, 2.24) is 10.2 Å². The third kappa shape index (κ3) is 1.17. The molecule has 0 spiro atoms. The first-order valence-electron chi connectivity index (χ1n) is 4.66. The first-order valence-corrected chi connectivity index (χ1v) is 4.66. The van der Waals surface area contributed by atoms with Crippen LogP contribution in [-0.2, 0) is 0 Å². The molecule has 0 saturated heterocycles. The zero-order chi connectivity index (χ0) is 11.1. The second-order valence-corrected chi connectivity index (χ2v) is 3.40. The Hall–Kier alpha value is -2.34. The lowest BCUT2D eigenvalue weighted by Crippen LogP contribution is -2.08. The Labute approximate surface area is 89.0 Å². The number of benzene rings is 1. The van der Waals surface area contributed by atoms with Crippen molar-refractivity contribution in [3.8, 4) is 0 Å². The Bertz CT molecular complexity index is 728. The fourth-order valence-corrected chi connectivity index (χ4v) is 1.66. The predicted octanol–water partition coefficient (Wildman–Crippen LogP) is 0.955. The molecule has 1 aromatic carbocycles. The van der Waals surface area contributed by atoms with Gasteiger partial charge >= 0.3 is 0 Å². The van der Waals surface area contributed by atoms with Gasteiger partial charge in [0.15, 0.2) is 16.8 Å². The van der Waals surface area contributed by atoms with Gasteiger partial charge in [-0.2, -0.15) is 5.10 Å². The SMILES string of the molecule is NNc1cc2oc3cc(=O)ccc3c2[nH]n1. The number of aromatic nitrogens is 2. The Balaban J connectivity index is 2.45. The molecule has 2 heterocycles. The van der Waals surface area contributed by atoms with Crippen molar-refractivity contribution in [3.63, 3.8) is 0 Å². The van der Waals surface area contributed by atoms with Crippen molar-refractivity contribution >= 4 is 27.9 Å². The molecule has 0 aliphatic rings. The number of fused-ring (bicyclic) bond motifs is 3. The van der Waals surface area contributed by atoms with Crippen LogP contribution in [0, 0.1) is 0 Å². The average molecular weight is 216 g/mol. The van der Waals surface area contributed by atoms with Crippen LogP contribution in [0.5, 0.6) is 0 Å². The van der Waals surface area contributed by atoms with Crippen LogP contribution in [-0.4, -0.2) is 10.2 Å². The summed E-state index contributed by atoms with van der Waals surface area (Å²) in [5, 5.41) is 7.62. The summed E-state index contributed by atoms with van der Waals surface area (Å²) in [5.74, 6) is 5.70. The van der Waals surface area contributed by atoms with Crippen molar-refractivity contribution < 1.29 is 4.42 Å². The Morgan fingerprint density at radius 1 is 1.31 bits per heavy atom. The van der Waals surface area contributed by atoms with Gasteiger partial charge in [0.05, 0.1) is 0 Å². The van der Waals surface area contributed by atoms with Gasteiger partial charge in [-0.1, -0.05) is 0 Å². The summed E-state index contributed by atoms with van der Waals surface area (Å²) in [6, 6.07) is 6.30. The van der Waals surface area contributed by atoms with Gasteiger partial charge in [-0.05, 0) is 12.1 Å². The summed E-state index contributed by atoms with van der Waals surface area (Å²) < 4.78 is 5.51. The third-order valence-corrected chi connectivity index (χ3v) is 2.39. The van der Waals surface area contributed by atoms with E-state index in [0.717, 1.165) is 10.9 Å². The molecular weight excluding hydrogens is 208 g/mol. The van der Waals surface area contributed by atoms with Gasteiger partial charge in [0.2, 0.25) is 0 Å². The summed E-state index contributed by atoms with van der Waals surface area (Å²) in [4.78, 5) is 11.2. The molecule has 0 saturated carbocycles. The Morgan fingerprint density at radius 2 is 2.19 bits per heavy atom. The summed E-state index contributed by atoms with van der Waals surface area (Å²) in [6.45, 7) is 0. The van der Waals surface area contributed by atoms with E-state index in [1.807, 2.05) is 0 Å². The first-order chi connectivity index (χ1) is 7.78. The average Bonchev–Trinajstić information content (AvgIpc) is 2.64. The number of rotatable bonds is 1. The fraction of sp³-hybridized carbons (Fsp3) is 0. The molecule has 80 valence electrons. The third-order valence-electron chi connectivity index (χ3n) is 2.39.